The van der Waals surface area contributed by atoms with E-state index in [2.05, 4.69) is 4.98 Å². The molecule has 0 aliphatic carbocycles. The molecule has 0 fully saturated rings. The van der Waals surface area contributed by atoms with E-state index in [1.54, 1.807) is 6.20 Å². The van der Waals surface area contributed by atoms with Crippen LogP contribution in [0.5, 0.6) is 5.75 Å². The van der Waals surface area contributed by atoms with E-state index in [0.717, 1.165) is 23.6 Å². The SMILES string of the molecule is CCc1nccn1CC(O)COc1cccc(CN)c1. The third kappa shape index (κ3) is 3.82. The van der Waals surface area contributed by atoms with Crippen molar-refractivity contribution >= 4 is 0 Å². The molecule has 0 bridgehead atoms. The quantitative estimate of drug-likeness (QED) is 0.800. The van der Waals surface area contributed by atoms with Crippen molar-refractivity contribution in [2.24, 2.45) is 5.73 Å². The number of ether oxygens (including phenoxy) is 1. The first-order valence-electron chi connectivity index (χ1n) is 6.82. The molecule has 0 saturated carbocycles. The first kappa shape index (κ1) is 14.6. The van der Waals surface area contributed by atoms with Crippen molar-refractivity contribution in [2.75, 3.05) is 6.61 Å². The predicted molar refractivity (Wildman–Crippen MR) is 77.4 cm³/mol. The fraction of sp³-hybridized carbons (Fsp3) is 0.400. The number of aliphatic hydroxyl groups excluding tert-OH is 1. The van der Waals surface area contributed by atoms with Gasteiger partial charge in [-0.2, -0.15) is 0 Å². The van der Waals surface area contributed by atoms with Gasteiger partial charge in [0, 0.05) is 25.4 Å². The van der Waals surface area contributed by atoms with Gasteiger partial charge >= 0.3 is 0 Å². The molecule has 1 heterocycles. The van der Waals surface area contributed by atoms with Gasteiger partial charge < -0.3 is 20.1 Å². The van der Waals surface area contributed by atoms with Gasteiger partial charge in [0.25, 0.3) is 0 Å². The van der Waals surface area contributed by atoms with Crippen LogP contribution in [0, 0.1) is 0 Å². The lowest BCUT2D eigenvalue weighted by Gasteiger charge is -2.14. The van der Waals surface area contributed by atoms with Gasteiger partial charge in [0.15, 0.2) is 0 Å². The van der Waals surface area contributed by atoms with E-state index in [-0.39, 0.29) is 6.61 Å². The van der Waals surface area contributed by atoms with Crippen LogP contribution in [0.15, 0.2) is 36.7 Å². The largest absolute Gasteiger partial charge is 0.491 e. The van der Waals surface area contributed by atoms with Crippen LogP contribution in [-0.4, -0.2) is 27.4 Å². The molecule has 1 atom stereocenters. The maximum Gasteiger partial charge on any atom is 0.119 e. The molecule has 0 aliphatic rings. The summed E-state index contributed by atoms with van der Waals surface area (Å²) in [4.78, 5) is 4.23. The minimum absolute atomic E-state index is 0.245. The molecule has 1 aromatic heterocycles. The Morgan fingerprint density at radius 1 is 1.45 bits per heavy atom. The highest BCUT2D eigenvalue weighted by Gasteiger charge is 2.09. The highest BCUT2D eigenvalue weighted by atomic mass is 16.5. The summed E-state index contributed by atoms with van der Waals surface area (Å²) >= 11 is 0. The molecule has 20 heavy (non-hydrogen) atoms. The normalized spacial score (nSPS) is 12.3. The lowest BCUT2D eigenvalue weighted by atomic mass is 10.2. The van der Waals surface area contributed by atoms with Crippen LogP contribution >= 0.6 is 0 Å². The second-order valence-electron chi connectivity index (χ2n) is 4.67. The first-order valence-corrected chi connectivity index (χ1v) is 6.82. The van der Waals surface area contributed by atoms with Crippen molar-refractivity contribution in [3.8, 4) is 5.75 Å². The summed E-state index contributed by atoms with van der Waals surface area (Å²) in [5.74, 6) is 1.70. The topological polar surface area (TPSA) is 73.3 Å². The summed E-state index contributed by atoms with van der Waals surface area (Å²) in [6.07, 6.45) is 3.89. The lowest BCUT2D eigenvalue weighted by molar-refractivity contribution is 0.0917. The molecule has 1 unspecified atom stereocenters. The smallest absolute Gasteiger partial charge is 0.119 e. The van der Waals surface area contributed by atoms with Crippen LogP contribution in [0.25, 0.3) is 0 Å². The lowest BCUT2D eigenvalue weighted by Crippen LogP contribution is -2.24. The molecule has 2 aromatic rings. The minimum Gasteiger partial charge on any atom is -0.491 e. The Hall–Kier alpha value is -1.85. The van der Waals surface area contributed by atoms with Crippen LogP contribution in [0.2, 0.25) is 0 Å². The molecule has 0 spiro atoms. The standard InChI is InChI=1S/C15H21N3O2/c1-2-15-17-6-7-18(15)10-13(19)11-20-14-5-3-4-12(8-14)9-16/h3-8,13,19H,2,9-11,16H2,1H3. The van der Waals surface area contributed by atoms with Crippen molar-refractivity contribution in [1.82, 2.24) is 9.55 Å². The van der Waals surface area contributed by atoms with Crippen LogP contribution < -0.4 is 10.5 Å². The van der Waals surface area contributed by atoms with E-state index in [9.17, 15) is 5.11 Å². The highest BCUT2D eigenvalue weighted by Crippen LogP contribution is 2.13. The summed E-state index contributed by atoms with van der Waals surface area (Å²) < 4.78 is 7.54. The molecule has 0 saturated heterocycles. The summed E-state index contributed by atoms with van der Waals surface area (Å²) in [5, 5.41) is 10.0. The zero-order valence-corrected chi connectivity index (χ0v) is 11.7. The number of hydrogen-bond donors (Lipinski definition) is 2. The van der Waals surface area contributed by atoms with Gasteiger partial charge in [-0.15, -0.1) is 0 Å². The predicted octanol–water partition coefficient (Wildman–Crippen LogP) is 1.34. The Balaban J connectivity index is 1.87. The molecular formula is C15H21N3O2. The third-order valence-electron chi connectivity index (χ3n) is 3.10. The number of benzene rings is 1. The van der Waals surface area contributed by atoms with Crippen LogP contribution in [-0.2, 0) is 19.5 Å². The van der Waals surface area contributed by atoms with E-state index in [1.165, 1.54) is 0 Å². The maximum atomic E-state index is 10.0. The molecule has 5 nitrogen and oxygen atoms in total. The van der Waals surface area contributed by atoms with E-state index >= 15 is 0 Å². The van der Waals surface area contributed by atoms with Crippen molar-refractivity contribution in [3.63, 3.8) is 0 Å². The molecule has 5 heteroatoms. The van der Waals surface area contributed by atoms with E-state index in [0.29, 0.717) is 13.1 Å². The molecule has 0 radical (unpaired) electrons. The van der Waals surface area contributed by atoms with Crippen LogP contribution in [0.3, 0.4) is 0 Å². The zero-order chi connectivity index (χ0) is 14.4. The van der Waals surface area contributed by atoms with Crippen molar-refractivity contribution in [2.45, 2.75) is 32.5 Å². The van der Waals surface area contributed by atoms with Crippen LogP contribution in [0.1, 0.15) is 18.3 Å². The summed E-state index contributed by atoms with van der Waals surface area (Å²) in [6.45, 7) is 3.25. The second-order valence-corrected chi connectivity index (χ2v) is 4.67. The molecule has 1 aromatic carbocycles. The average Bonchev–Trinajstić information content (AvgIpc) is 2.92. The van der Waals surface area contributed by atoms with Crippen molar-refractivity contribution in [3.05, 3.63) is 48.0 Å². The van der Waals surface area contributed by atoms with Gasteiger partial charge in [-0.1, -0.05) is 19.1 Å². The van der Waals surface area contributed by atoms with Gasteiger partial charge in [-0.3, -0.25) is 0 Å². The Kier molecular flexibility index (Phi) is 5.15. The summed E-state index contributed by atoms with van der Waals surface area (Å²) in [7, 11) is 0. The molecule has 2 rings (SSSR count). The summed E-state index contributed by atoms with van der Waals surface area (Å²) in [5.41, 5.74) is 6.60. The van der Waals surface area contributed by atoms with Gasteiger partial charge in [0.1, 0.15) is 24.3 Å². The number of aromatic nitrogens is 2. The number of nitrogens with two attached hydrogens (primary N) is 1. The monoisotopic (exact) mass is 275 g/mol. The van der Waals surface area contributed by atoms with E-state index in [1.807, 2.05) is 42.0 Å². The Labute approximate surface area is 119 Å². The van der Waals surface area contributed by atoms with Gasteiger partial charge in [0.05, 0.1) is 6.54 Å². The zero-order valence-electron chi connectivity index (χ0n) is 11.7. The van der Waals surface area contributed by atoms with E-state index in [4.69, 9.17) is 10.5 Å². The average molecular weight is 275 g/mol. The number of imidazole rings is 1. The number of hydrogen-bond acceptors (Lipinski definition) is 4. The molecular weight excluding hydrogens is 254 g/mol. The third-order valence-corrected chi connectivity index (χ3v) is 3.10. The molecule has 108 valence electrons. The Bertz CT molecular complexity index is 539. The second kappa shape index (κ2) is 7.07. The van der Waals surface area contributed by atoms with E-state index < -0.39 is 6.10 Å². The van der Waals surface area contributed by atoms with Gasteiger partial charge in [-0.05, 0) is 17.7 Å². The van der Waals surface area contributed by atoms with Gasteiger partial charge in [-0.25, -0.2) is 4.98 Å². The Morgan fingerprint density at radius 2 is 2.30 bits per heavy atom. The fourth-order valence-corrected chi connectivity index (χ4v) is 2.06. The Morgan fingerprint density at radius 3 is 3.05 bits per heavy atom. The number of rotatable bonds is 7. The number of aliphatic hydroxyl groups is 1. The molecule has 3 N–H and O–H groups in total. The molecule has 0 aliphatic heterocycles. The van der Waals surface area contributed by atoms with Crippen molar-refractivity contribution in [1.29, 1.82) is 0 Å². The fourth-order valence-electron chi connectivity index (χ4n) is 2.06. The molecule has 0 amide bonds. The first-order chi connectivity index (χ1) is 9.72. The minimum atomic E-state index is -0.573. The summed E-state index contributed by atoms with van der Waals surface area (Å²) in [6, 6.07) is 7.60. The van der Waals surface area contributed by atoms with Gasteiger partial charge in [0.2, 0.25) is 0 Å². The highest BCUT2D eigenvalue weighted by molar-refractivity contribution is 5.28. The maximum absolute atomic E-state index is 10.0. The number of nitrogens with zero attached hydrogens (tertiary/aromatic N) is 2. The number of aryl methyl sites for hydroxylation is 1. The van der Waals surface area contributed by atoms with Crippen molar-refractivity contribution < 1.29 is 9.84 Å². The van der Waals surface area contributed by atoms with Crippen LogP contribution in [0.4, 0.5) is 0 Å².